The van der Waals surface area contributed by atoms with Crippen LogP contribution in [-0.4, -0.2) is 50.4 Å². The van der Waals surface area contributed by atoms with E-state index in [1.54, 1.807) is 26.0 Å². The summed E-state index contributed by atoms with van der Waals surface area (Å²) in [7, 11) is 0. The number of hydrogen-bond acceptors (Lipinski definition) is 6. The molecule has 0 aliphatic carbocycles. The van der Waals surface area contributed by atoms with Gasteiger partial charge in [0.15, 0.2) is 0 Å². The largest absolute Gasteiger partial charge is 0.508 e. The number of carbonyl (C=O) groups is 2. The highest BCUT2D eigenvalue weighted by molar-refractivity contribution is 5.81. The van der Waals surface area contributed by atoms with Gasteiger partial charge in [-0.15, -0.1) is 0 Å². The number of phenols is 2. The van der Waals surface area contributed by atoms with E-state index in [0.717, 1.165) is 16.0 Å². The molecule has 0 amide bonds. The quantitative estimate of drug-likeness (QED) is 0.461. The van der Waals surface area contributed by atoms with Gasteiger partial charge in [0, 0.05) is 24.2 Å². The SMILES string of the molecule is Cc1ccc(C(C(=O)O)N(CCN)C(C(=O)O)c2ccc(C)cc2O)c(O)c1. The minimum absolute atomic E-state index is 0.0210. The molecule has 0 saturated carbocycles. The number of nitrogens with zero attached hydrogens (tertiary/aromatic N) is 1. The summed E-state index contributed by atoms with van der Waals surface area (Å²) in [6, 6.07) is 6.00. The Morgan fingerprint density at radius 2 is 1.29 bits per heavy atom. The van der Waals surface area contributed by atoms with Crippen LogP contribution < -0.4 is 5.73 Å². The average molecular weight is 388 g/mol. The summed E-state index contributed by atoms with van der Waals surface area (Å²) < 4.78 is 0. The molecule has 0 aliphatic rings. The lowest BCUT2D eigenvalue weighted by molar-refractivity contribution is -0.151. The van der Waals surface area contributed by atoms with Crippen LogP contribution in [0.3, 0.4) is 0 Å². The fourth-order valence-corrected chi connectivity index (χ4v) is 3.23. The first-order valence-electron chi connectivity index (χ1n) is 8.67. The van der Waals surface area contributed by atoms with Crippen LogP contribution in [0, 0.1) is 13.8 Å². The normalized spacial score (nSPS) is 13.3. The van der Waals surface area contributed by atoms with Gasteiger partial charge in [0.2, 0.25) is 0 Å². The van der Waals surface area contributed by atoms with Gasteiger partial charge < -0.3 is 26.2 Å². The molecule has 2 aromatic carbocycles. The number of carboxylic acids is 2. The number of benzene rings is 2. The van der Waals surface area contributed by atoms with E-state index in [0.29, 0.717) is 0 Å². The van der Waals surface area contributed by atoms with Crippen LogP contribution in [0.5, 0.6) is 11.5 Å². The van der Waals surface area contributed by atoms with Crippen molar-refractivity contribution in [2.24, 2.45) is 5.73 Å². The molecule has 0 fully saturated rings. The van der Waals surface area contributed by atoms with Gasteiger partial charge in [0.1, 0.15) is 23.6 Å². The van der Waals surface area contributed by atoms with E-state index in [1.165, 1.54) is 24.3 Å². The molecule has 0 radical (unpaired) electrons. The molecule has 8 heteroatoms. The molecule has 0 aliphatic heterocycles. The van der Waals surface area contributed by atoms with Crippen molar-refractivity contribution in [2.75, 3.05) is 13.1 Å². The Bertz CT molecular complexity index is 813. The average Bonchev–Trinajstić information content (AvgIpc) is 2.58. The van der Waals surface area contributed by atoms with E-state index in [-0.39, 0.29) is 35.7 Å². The molecule has 0 heterocycles. The topological polar surface area (TPSA) is 144 Å². The molecule has 0 aromatic heterocycles. The van der Waals surface area contributed by atoms with Gasteiger partial charge in [-0.2, -0.15) is 0 Å². The summed E-state index contributed by atoms with van der Waals surface area (Å²) in [5.41, 5.74) is 7.17. The first-order chi connectivity index (χ1) is 13.2. The fourth-order valence-electron chi connectivity index (χ4n) is 3.23. The number of aryl methyl sites for hydroxylation is 2. The second kappa shape index (κ2) is 8.73. The van der Waals surface area contributed by atoms with Crippen molar-refractivity contribution in [2.45, 2.75) is 25.9 Å². The Morgan fingerprint density at radius 1 is 0.893 bits per heavy atom. The van der Waals surface area contributed by atoms with E-state index in [4.69, 9.17) is 5.73 Å². The van der Waals surface area contributed by atoms with Crippen molar-refractivity contribution in [1.82, 2.24) is 4.90 Å². The number of hydrogen-bond donors (Lipinski definition) is 5. The van der Waals surface area contributed by atoms with Crippen LogP contribution >= 0.6 is 0 Å². The maximum absolute atomic E-state index is 12.1. The second-order valence-electron chi connectivity index (χ2n) is 6.63. The minimum atomic E-state index is -1.48. The van der Waals surface area contributed by atoms with Gasteiger partial charge in [-0.3, -0.25) is 14.5 Å². The number of carboxylic acid groups (broad SMARTS) is 2. The van der Waals surface area contributed by atoms with Gasteiger partial charge in [0.25, 0.3) is 0 Å². The molecular formula is C20H24N2O6. The zero-order valence-electron chi connectivity index (χ0n) is 15.7. The molecule has 0 spiro atoms. The van der Waals surface area contributed by atoms with Crippen molar-refractivity contribution in [3.63, 3.8) is 0 Å². The molecule has 2 atom stereocenters. The fraction of sp³-hybridized carbons (Fsp3) is 0.300. The van der Waals surface area contributed by atoms with Crippen molar-refractivity contribution in [3.8, 4) is 11.5 Å². The maximum Gasteiger partial charge on any atom is 0.325 e. The lowest BCUT2D eigenvalue weighted by Gasteiger charge is -2.34. The van der Waals surface area contributed by atoms with E-state index >= 15 is 0 Å². The standard InChI is InChI=1S/C20H24N2O6/c1-11-3-5-13(15(23)9-11)17(19(25)26)22(8-7-21)18(20(27)28)14-6-4-12(2)10-16(14)24/h3-6,9-10,17-18,23-24H,7-8,21H2,1-2H3,(H,25,26)(H,27,28). The number of aliphatic carboxylic acids is 2. The summed E-state index contributed by atoms with van der Waals surface area (Å²) in [4.78, 5) is 25.4. The van der Waals surface area contributed by atoms with Gasteiger partial charge in [-0.25, -0.2) is 0 Å². The summed E-state index contributed by atoms with van der Waals surface area (Å²) in [6.45, 7) is 3.37. The van der Waals surface area contributed by atoms with Crippen molar-refractivity contribution in [1.29, 1.82) is 0 Å². The molecule has 0 saturated heterocycles. The number of aromatic hydroxyl groups is 2. The predicted molar refractivity (Wildman–Crippen MR) is 102 cm³/mol. The Morgan fingerprint density at radius 3 is 1.57 bits per heavy atom. The van der Waals surface area contributed by atoms with Crippen LogP contribution in [-0.2, 0) is 9.59 Å². The van der Waals surface area contributed by atoms with Crippen molar-refractivity contribution >= 4 is 11.9 Å². The Kier molecular flexibility index (Phi) is 6.61. The molecule has 8 nitrogen and oxygen atoms in total. The smallest absolute Gasteiger partial charge is 0.325 e. The summed E-state index contributed by atoms with van der Waals surface area (Å²) in [6.07, 6.45) is 0. The third-order valence-corrected chi connectivity index (χ3v) is 4.48. The van der Waals surface area contributed by atoms with Gasteiger partial charge in [-0.05, 0) is 37.1 Å². The molecule has 0 bridgehead atoms. The molecule has 2 aromatic rings. The predicted octanol–water partition coefficient (Wildman–Crippen LogP) is 1.93. The van der Waals surface area contributed by atoms with E-state index in [2.05, 4.69) is 0 Å². The third kappa shape index (κ3) is 4.41. The number of nitrogens with two attached hydrogens (primary N) is 1. The van der Waals surface area contributed by atoms with Crippen LogP contribution in [0.25, 0.3) is 0 Å². The zero-order valence-corrected chi connectivity index (χ0v) is 15.7. The van der Waals surface area contributed by atoms with Crippen molar-refractivity contribution in [3.05, 3.63) is 58.7 Å². The van der Waals surface area contributed by atoms with Crippen LogP contribution in [0.2, 0.25) is 0 Å². The second-order valence-corrected chi connectivity index (χ2v) is 6.63. The van der Waals surface area contributed by atoms with Gasteiger partial charge >= 0.3 is 11.9 Å². The third-order valence-electron chi connectivity index (χ3n) is 4.48. The van der Waals surface area contributed by atoms with Crippen LogP contribution in [0.4, 0.5) is 0 Å². The Balaban J connectivity index is 2.65. The highest BCUT2D eigenvalue weighted by Gasteiger charge is 2.39. The molecule has 28 heavy (non-hydrogen) atoms. The Labute approximate surface area is 162 Å². The van der Waals surface area contributed by atoms with Gasteiger partial charge in [0.05, 0.1) is 0 Å². The lowest BCUT2D eigenvalue weighted by atomic mass is 9.96. The minimum Gasteiger partial charge on any atom is -0.508 e. The van der Waals surface area contributed by atoms with Crippen molar-refractivity contribution < 1.29 is 30.0 Å². The lowest BCUT2D eigenvalue weighted by Crippen LogP contribution is -2.43. The molecule has 2 rings (SSSR count). The monoisotopic (exact) mass is 388 g/mol. The molecule has 2 unspecified atom stereocenters. The molecule has 150 valence electrons. The van der Waals surface area contributed by atoms with E-state index in [1.807, 2.05) is 0 Å². The highest BCUT2D eigenvalue weighted by atomic mass is 16.4. The first kappa shape index (κ1) is 21.2. The molecule has 6 N–H and O–H groups in total. The van der Waals surface area contributed by atoms with Crippen LogP contribution in [0.15, 0.2) is 36.4 Å². The van der Waals surface area contributed by atoms with Gasteiger partial charge in [-0.1, -0.05) is 24.3 Å². The van der Waals surface area contributed by atoms with Crippen LogP contribution in [0.1, 0.15) is 34.3 Å². The van der Waals surface area contributed by atoms with E-state index < -0.39 is 24.0 Å². The summed E-state index contributed by atoms with van der Waals surface area (Å²) >= 11 is 0. The molecular weight excluding hydrogens is 364 g/mol. The first-order valence-corrected chi connectivity index (χ1v) is 8.67. The Hall–Kier alpha value is -3.10. The number of rotatable bonds is 8. The highest BCUT2D eigenvalue weighted by Crippen LogP contribution is 2.38. The zero-order chi connectivity index (χ0) is 21.0. The maximum atomic E-state index is 12.1. The summed E-state index contributed by atoms with van der Waals surface area (Å²) in [5, 5.41) is 40.3. The number of phenolic OH excluding ortho intramolecular Hbond substituents is 2. The van der Waals surface area contributed by atoms with E-state index in [9.17, 15) is 30.0 Å². The summed E-state index contributed by atoms with van der Waals surface area (Å²) in [5.74, 6) is -3.20.